The largest absolute Gasteiger partial charge is 0.372 e. The molecule has 0 spiro atoms. The van der Waals surface area contributed by atoms with Crippen LogP contribution in [0, 0.1) is 6.92 Å². The van der Waals surface area contributed by atoms with Gasteiger partial charge in [-0.1, -0.05) is 24.3 Å². The average Bonchev–Trinajstić information content (AvgIpc) is 3.45. The highest BCUT2D eigenvalue weighted by molar-refractivity contribution is 7.93. The Bertz CT molecular complexity index is 1020. The summed E-state index contributed by atoms with van der Waals surface area (Å²) >= 11 is 1.26. The Labute approximate surface area is 185 Å². The molecule has 0 unspecified atom stereocenters. The maximum absolute atomic E-state index is 12.2. The number of rotatable bonds is 6. The summed E-state index contributed by atoms with van der Waals surface area (Å²) in [4.78, 5) is 6.46. The van der Waals surface area contributed by atoms with Crippen molar-refractivity contribution in [1.82, 2.24) is 4.98 Å². The van der Waals surface area contributed by atoms with Crippen LogP contribution in [0.4, 0.5) is 10.8 Å². The van der Waals surface area contributed by atoms with Gasteiger partial charge in [-0.05, 0) is 68.1 Å². The van der Waals surface area contributed by atoms with Crippen LogP contribution >= 0.6 is 11.3 Å². The van der Waals surface area contributed by atoms with Crippen molar-refractivity contribution in [3.8, 4) is 0 Å². The fraction of sp³-hybridized carbons (Fsp3) is 0.318. The highest BCUT2D eigenvalue weighted by Gasteiger charge is 2.17. The van der Waals surface area contributed by atoms with Gasteiger partial charge in [0.05, 0.1) is 4.90 Å². The van der Waals surface area contributed by atoms with E-state index in [1.54, 1.807) is 23.7 Å². The lowest BCUT2D eigenvalue weighted by Gasteiger charge is -2.17. The second-order valence-electron chi connectivity index (χ2n) is 7.10. The maximum Gasteiger partial charge on any atom is 0.263 e. The van der Waals surface area contributed by atoms with Gasteiger partial charge < -0.3 is 10.6 Å². The minimum Gasteiger partial charge on any atom is -0.372 e. The van der Waals surface area contributed by atoms with Gasteiger partial charge in [0.15, 0.2) is 5.13 Å². The Balaban J connectivity index is 0.000000366. The zero-order valence-electron chi connectivity index (χ0n) is 17.1. The van der Waals surface area contributed by atoms with Gasteiger partial charge in [0, 0.05) is 33.2 Å². The number of anilines is 2. The third-order valence-electron chi connectivity index (χ3n) is 4.95. The van der Waals surface area contributed by atoms with Crippen LogP contribution in [0.15, 0.2) is 65.0 Å². The average molecular weight is 449 g/mol. The first-order chi connectivity index (χ1) is 14.5. The van der Waals surface area contributed by atoms with Crippen LogP contribution in [0.2, 0.25) is 0 Å². The second-order valence-corrected chi connectivity index (χ2v) is 9.67. The predicted octanol–water partition coefficient (Wildman–Crippen LogP) is 4.53. The number of nitrogens with zero attached hydrogens (tertiary/aromatic N) is 2. The van der Waals surface area contributed by atoms with Gasteiger partial charge in [0.2, 0.25) is 0 Å². The molecule has 1 fully saturated rings. The standard InChI is InChI=1S/C13H15N3O2S2.C9H13N.2H2/c17-20(18,15-13-14-7-10-19-13)12-5-3-11(4-6-12)16-8-1-2-9-16;1-8-4-2-3-5-9(8)6-7-10;;/h3-7,10H,1-2,8-9H2,(H,14,15);2-5H,6-7,10H2,1H3;2*1H. The van der Waals surface area contributed by atoms with Crippen LogP contribution in [0.1, 0.15) is 26.8 Å². The smallest absolute Gasteiger partial charge is 0.263 e. The first-order valence-corrected chi connectivity index (χ1v) is 12.4. The summed E-state index contributed by atoms with van der Waals surface area (Å²) < 4.78 is 26.8. The minimum atomic E-state index is -3.54. The van der Waals surface area contributed by atoms with Crippen molar-refractivity contribution >= 4 is 32.2 Å². The molecule has 1 aromatic heterocycles. The van der Waals surface area contributed by atoms with Crippen LogP contribution in [-0.2, 0) is 16.4 Å². The number of aromatic nitrogens is 1. The number of benzene rings is 2. The zero-order valence-corrected chi connectivity index (χ0v) is 18.8. The van der Waals surface area contributed by atoms with Crippen LogP contribution in [0.3, 0.4) is 0 Å². The van der Waals surface area contributed by atoms with Crippen molar-refractivity contribution < 1.29 is 11.3 Å². The fourth-order valence-electron chi connectivity index (χ4n) is 3.31. The summed E-state index contributed by atoms with van der Waals surface area (Å²) in [5.74, 6) is 0. The first kappa shape index (κ1) is 22.3. The number of thiazole rings is 1. The third-order valence-corrected chi connectivity index (χ3v) is 7.12. The van der Waals surface area contributed by atoms with E-state index < -0.39 is 10.0 Å². The van der Waals surface area contributed by atoms with Crippen molar-refractivity contribution in [2.75, 3.05) is 29.3 Å². The Morgan fingerprint density at radius 1 is 1.13 bits per heavy atom. The topological polar surface area (TPSA) is 88.3 Å². The van der Waals surface area contributed by atoms with E-state index in [1.807, 2.05) is 12.1 Å². The number of hydrogen-bond donors (Lipinski definition) is 2. The molecule has 0 atom stereocenters. The van der Waals surface area contributed by atoms with Crippen LogP contribution < -0.4 is 15.4 Å². The Kier molecular flexibility index (Phi) is 7.84. The summed E-state index contributed by atoms with van der Waals surface area (Å²) in [5, 5.41) is 2.11. The quantitative estimate of drug-likeness (QED) is 0.578. The predicted molar refractivity (Wildman–Crippen MR) is 129 cm³/mol. The van der Waals surface area contributed by atoms with Crippen molar-refractivity contribution in [2.24, 2.45) is 5.73 Å². The third kappa shape index (κ3) is 6.04. The molecule has 8 heteroatoms. The molecule has 0 amide bonds. The van der Waals surface area contributed by atoms with E-state index in [2.05, 4.69) is 45.8 Å². The molecule has 1 saturated heterocycles. The molecular weight excluding hydrogens is 416 g/mol. The molecule has 2 heterocycles. The van der Waals surface area contributed by atoms with Crippen molar-refractivity contribution in [1.29, 1.82) is 0 Å². The van der Waals surface area contributed by atoms with Crippen molar-refractivity contribution in [3.63, 3.8) is 0 Å². The summed E-state index contributed by atoms with van der Waals surface area (Å²) in [6.45, 7) is 4.95. The molecule has 4 rings (SSSR count). The van der Waals surface area contributed by atoms with E-state index in [0.29, 0.717) is 5.13 Å². The van der Waals surface area contributed by atoms with Crippen LogP contribution in [-0.4, -0.2) is 33.0 Å². The van der Waals surface area contributed by atoms with Crippen molar-refractivity contribution in [2.45, 2.75) is 31.1 Å². The Hall–Kier alpha value is -2.42. The summed E-state index contributed by atoms with van der Waals surface area (Å²) in [6, 6.07) is 15.4. The van der Waals surface area contributed by atoms with E-state index in [-0.39, 0.29) is 7.75 Å². The van der Waals surface area contributed by atoms with Gasteiger partial charge in [-0.15, -0.1) is 11.3 Å². The van der Waals surface area contributed by atoms with Crippen LogP contribution in [0.25, 0.3) is 0 Å². The van der Waals surface area contributed by atoms with E-state index in [1.165, 1.54) is 35.3 Å². The normalized spacial score (nSPS) is 13.6. The zero-order chi connectivity index (χ0) is 21.4. The Morgan fingerprint density at radius 2 is 1.83 bits per heavy atom. The van der Waals surface area contributed by atoms with Gasteiger partial charge in [-0.2, -0.15) is 0 Å². The van der Waals surface area contributed by atoms with E-state index in [0.717, 1.165) is 31.7 Å². The monoisotopic (exact) mass is 448 g/mol. The number of aryl methyl sites for hydroxylation is 1. The van der Waals surface area contributed by atoms with E-state index in [4.69, 9.17) is 5.73 Å². The molecule has 30 heavy (non-hydrogen) atoms. The molecule has 0 saturated carbocycles. The minimum absolute atomic E-state index is 0. The molecule has 1 aliphatic heterocycles. The number of nitrogens with one attached hydrogen (secondary N) is 1. The van der Waals surface area contributed by atoms with Gasteiger partial charge in [0.25, 0.3) is 10.0 Å². The molecule has 0 bridgehead atoms. The molecule has 1 aliphatic rings. The molecule has 0 radical (unpaired) electrons. The van der Waals surface area contributed by atoms with Gasteiger partial charge in [-0.3, -0.25) is 4.72 Å². The highest BCUT2D eigenvalue weighted by atomic mass is 32.2. The second kappa shape index (κ2) is 10.6. The molecule has 3 aromatic rings. The number of hydrogen-bond acceptors (Lipinski definition) is 6. The summed E-state index contributed by atoms with van der Waals surface area (Å²) in [5.41, 5.74) is 9.22. The summed E-state index contributed by atoms with van der Waals surface area (Å²) in [7, 11) is -3.54. The molecule has 2 aromatic carbocycles. The van der Waals surface area contributed by atoms with E-state index >= 15 is 0 Å². The van der Waals surface area contributed by atoms with Crippen molar-refractivity contribution in [3.05, 3.63) is 71.2 Å². The molecule has 3 N–H and O–H groups in total. The number of sulfonamides is 1. The van der Waals surface area contributed by atoms with Gasteiger partial charge >= 0.3 is 0 Å². The van der Waals surface area contributed by atoms with Gasteiger partial charge in [-0.25, -0.2) is 13.4 Å². The fourth-order valence-corrected chi connectivity index (χ4v) is 5.09. The number of nitrogens with two attached hydrogens (primary N) is 1. The molecular formula is C22H32N4O2S2. The van der Waals surface area contributed by atoms with Crippen LogP contribution in [0.5, 0.6) is 0 Å². The molecule has 164 valence electrons. The highest BCUT2D eigenvalue weighted by Crippen LogP contribution is 2.23. The first-order valence-electron chi connectivity index (χ1n) is 10.0. The maximum atomic E-state index is 12.2. The summed E-state index contributed by atoms with van der Waals surface area (Å²) in [6.07, 6.45) is 4.96. The lowest BCUT2D eigenvalue weighted by molar-refractivity contribution is 0.601. The SMILES string of the molecule is Cc1ccccc1CCN.O=S(=O)(Nc1nccs1)c1ccc(N2CCCC2)cc1.[HH].[HH]. The van der Waals surface area contributed by atoms with Gasteiger partial charge in [0.1, 0.15) is 0 Å². The van der Waals surface area contributed by atoms with E-state index in [9.17, 15) is 8.42 Å². The molecule has 6 nitrogen and oxygen atoms in total. The Morgan fingerprint density at radius 3 is 2.43 bits per heavy atom. The lowest BCUT2D eigenvalue weighted by Crippen LogP contribution is -2.18. The lowest BCUT2D eigenvalue weighted by atomic mass is 10.1. The molecule has 0 aliphatic carbocycles.